The summed E-state index contributed by atoms with van der Waals surface area (Å²) in [5.74, 6) is 1.30. The zero-order chi connectivity index (χ0) is 21.7. The molecular formula is C23H30N4O3. The Balaban J connectivity index is 1.63. The number of benzene rings is 2. The molecule has 1 aromatic heterocycles. The predicted molar refractivity (Wildman–Crippen MR) is 119 cm³/mol. The molecule has 0 aliphatic carbocycles. The second-order valence-corrected chi connectivity index (χ2v) is 7.44. The van der Waals surface area contributed by atoms with Gasteiger partial charge in [-0.25, -0.2) is 4.79 Å². The highest BCUT2D eigenvalue weighted by Crippen LogP contribution is 2.29. The molecule has 30 heavy (non-hydrogen) atoms. The van der Waals surface area contributed by atoms with Crippen LogP contribution >= 0.6 is 0 Å². The average molecular weight is 411 g/mol. The minimum atomic E-state index is -0.211. The van der Waals surface area contributed by atoms with Crippen LogP contribution in [0.2, 0.25) is 0 Å². The van der Waals surface area contributed by atoms with Gasteiger partial charge in [0.2, 0.25) is 0 Å². The van der Waals surface area contributed by atoms with Crippen LogP contribution in [0.3, 0.4) is 0 Å². The van der Waals surface area contributed by atoms with Crippen LogP contribution in [0.15, 0.2) is 48.7 Å². The van der Waals surface area contributed by atoms with Gasteiger partial charge in [-0.1, -0.05) is 24.3 Å². The van der Waals surface area contributed by atoms with Crippen molar-refractivity contribution >= 4 is 16.9 Å². The SMILES string of the molecule is COc1ccc(CNC(=O)NCC(c2cn(C)c3ccccc23)N(C)C)cc1OC. The van der Waals surface area contributed by atoms with E-state index < -0.39 is 0 Å². The number of nitrogens with one attached hydrogen (secondary N) is 2. The lowest BCUT2D eigenvalue weighted by Gasteiger charge is -2.24. The highest BCUT2D eigenvalue weighted by atomic mass is 16.5. The summed E-state index contributed by atoms with van der Waals surface area (Å²) < 4.78 is 12.7. The second kappa shape index (κ2) is 9.54. The van der Waals surface area contributed by atoms with Gasteiger partial charge in [0.1, 0.15) is 0 Å². The molecule has 7 heteroatoms. The number of hydrogen-bond acceptors (Lipinski definition) is 4. The Bertz CT molecular complexity index is 1010. The number of likely N-dealkylation sites (N-methyl/N-ethyl adjacent to an activating group) is 1. The van der Waals surface area contributed by atoms with Crippen molar-refractivity contribution in [2.75, 3.05) is 34.9 Å². The van der Waals surface area contributed by atoms with Gasteiger partial charge in [-0.2, -0.15) is 0 Å². The minimum Gasteiger partial charge on any atom is -0.493 e. The molecule has 2 amide bonds. The maximum absolute atomic E-state index is 12.4. The van der Waals surface area contributed by atoms with E-state index >= 15 is 0 Å². The summed E-state index contributed by atoms with van der Waals surface area (Å²) in [6.45, 7) is 0.895. The Hall–Kier alpha value is -3.19. The zero-order valence-corrected chi connectivity index (χ0v) is 18.2. The number of methoxy groups -OCH3 is 2. The van der Waals surface area contributed by atoms with Gasteiger partial charge in [0.05, 0.1) is 20.3 Å². The van der Waals surface area contributed by atoms with E-state index in [1.54, 1.807) is 14.2 Å². The standard InChI is InChI=1S/C23H30N4O3/c1-26(2)20(18-15-27(3)19-9-7-6-8-17(18)19)14-25-23(28)24-13-16-10-11-21(29-4)22(12-16)30-5/h6-12,15,20H,13-14H2,1-5H3,(H2,24,25,28). The second-order valence-electron chi connectivity index (χ2n) is 7.44. The Morgan fingerprint density at radius 2 is 1.80 bits per heavy atom. The van der Waals surface area contributed by atoms with E-state index in [1.807, 2.05) is 51.5 Å². The number of fused-ring (bicyclic) bond motifs is 1. The van der Waals surface area contributed by atoms with Crippen molar-refractivity contribution in [3.63, 3.8) is 0 Å². The molecular weight excluding hydrogens is 380 g/mol. The van der Waals surface area contributed by atoms with Crippen LogP contribution in [0.1, 0.15) is 17.2 Å². The van der Waals surface area contributed by atoms with Crippen LogP contribution in [0, 0.1) is 0 Å². The van der Waals surface area contributed by atoms with E-state index in [4.69, 9.17) is 9.47 Å². The van der Waals surface area contributed by atoms with E-state index in [0.29, 0.717) is 24.6 Å². The van der Waals surface area contributed by atoms with Crippen LogP contribution < -0.4 is 20.1 Å². The van der Waals surface area contributed by atoms with E-state index in [0.717, 1.165) is 5.56 Å². The number of nitrogens with zero attached hydrogens (tertiary/aromatic N) is 2. The number of carbonyl (C=O) groups excluding carboxylic acids is 1. The monoisotopic (exact) mass is 410 g/mol. The number of amides is 2. The lowest BCUT2D eigenvalue weighted by Crippen LogP contribution is -2.40. The van der Waals surface area contributed by atoms with Crippen molar-refractivity contribution < 1.29 is 14.3 Å². The van der Waals surface area contributed by atoms with Crippen molar-refractivity contribution in [3.05, 3.63) is 59.8 Å². The van der Waals surface area contributed by atoms with Gasteiger partial charge in [-0.15, -0.1) is 0 Å². The number of aromatic nitrogens is 1. The van der Waals surface area contributed by atoms with Gasteiger partial charge in [-0.05, 0) is 43.4 Å². The van der Waals surface area contributed by atoms with Crippen LogP contribution in [-0.2, 0) is 13.6 Å². The number of aryl methyl sites for hydroxylation is 1. The molecule has 7 nitrogen and oxygen atoms in total. The van der Waals surface area contributed by atoms with Crippen LogP contribution in [-0.4, -0.2) is 50.4 Å². The molecule has 0 saturated heterocycles. The largest absolute Gasteiger partial charge is 0.493 e. The molecule has 0 saturated carbocycles. The van der Waals surface area contributed by atoms with Gasteiger partial charge in [0.15, 0.2) is 11.5 Å². The highest BCUT2D eigenvalue weighted by Gasteiger charge is 2.20. The normalized spacial score (nSPS) is 12.1. The summed E-state index contributed by atoms with van der Waals surface area (Å²) >= 11 is 0. The molecule has 0 radical (unpaired) electrons. The van der Waals surface area contributed by atoms with Gasteiger partial charge in [0, 0.05) is 37.2 Å². The van der Waals surface area contributed by atoms with E-state index in [-0.39, 0.29) is 12.1 Å². The van der Waals surface area contributed by atoms with Gasteiger partial charge >= 0.3 is 6.03 Å². The third-order valence-corrected chi connectivity index (χ3v) is 5.27. The lowest BCUT2D eigenvalue weighted by molar-refractivity contribution is 0.232. The van der Waals surface area contributed by atoms with Gasteiger partial charge < -0.3 is 29.6 Å². The molecule has 1 unspecified atom stereocenters. The van der Waals surface area contributed by atoms with Crippen molar-refractivity contribution in [2.45, 2.75) is 12.6 Å². The Kier molecular flexibility index (Phi) is 6.84. The molecule has 0 fully saturated rings. The summed E-state index contributed by atoms with van der Waals surface area (Å²) in [7, 11) is 9.28. The summed E-state index contributed by atoms with van der Waals surface area (Å²) in [4.78, 5) is 14.5. The van der Waals surface area contributed by atoms with Crippen molar-refractivity contribution in [3.8, 4) is 11.5 Å². The van der Waals surface area contributed by atoms with Crippen LogP contribution in [0.5, 0.6) is 11.5 Å². The number of hydrogen-bond donors (Lipinski definition) is 2. The molecule has 2 aromatic carbocycles. The molecule has 2 N–H and O–H groups in total. The van der Waals surface area contributed by atoms with Crippen molar-refractivity contribution in [1.82, 2.24) is 20.1 Å². The third kappa shape index (κ3) is 4.68. The number of ether oxygens (including phenoxy) is 2. The predicted octanol–water partition coefficient (Wildman–Crippen LogP) is 3.30. The number of urea groups is 1. The number of para-hydroxylation sites is 1. The molecule has 3 aromatic rings. The molecule has 1 heterocycles. The van der Waals surface area contributed by atoms with Crippen LogP contribution in [0.25, 0.3) is 10.9 Å². The van der Waals surface area contributed by atoms with E-state index in [9.17, 15) is 4.79 Å². The first-order valence-electron chi connectivity index (χ1n) is 9.87. The first kappa shape index (κ1) is 21.5. The lowest BCUT2D eigenvalue weighted by atomic mass is 10.0. The van der Waals surface area contributed by atoms with Crippen molar-refractivity contribution in [2.24, 2.45) is 7.05 Å². The molecule has 0 aliphatic rings. The fourth-order valence-corrected chi connectivity index (χ4v) is 3.63. The summed E-state index contributed by atoms with van der Waals surface area (Å²) in [5, 5.41) is 7.11. The fraction of sp³-hybridized carbons (Fsp3) is 0.348. The van der Waals surface area contributed by atoms with Gasteiger partial charge in [-0.3, -0.25) is 0 Å². The molecule has 0 aliphatic heterocycles. The highest BCUT2D eigenvalue weighted by molar-refractivity contribution is 5.84. The Labute approximate surface area is 177 Å². The fourth-order valence-electron chi connectivity index (χ4n) is 3.63. The summed E-state index contributed by atoms with van der Waals surface area (Å²) in [6, 6.07) is 13.7. The third-order valence-electron chi connectivity index (χ3n) is 5.27. The van der Waals surface area contributed by atoms with E-state index in [1.165, 1.54) is 16.5 Å². The van der Waals surface area contributed by atoms with Gasteiger partial charge in [0.25, 0.3) is 0 Å². The topological polar surface area (TPSA) is 67.8 Å². The maximum Gasteiger partial charge on any atom is 0.315 e. The number of carbonyl (C=O) groups is 1. The summed E-state index contributed by atoms with van der Waals surface area (Å²) in [6.07, 6.45) is 2.14. The van der Waals surface area contributed by atoms with Crippen molar-refractivity contribution in [1.29, 1.82) is 0 Å². The molecule has 0 spiro atoms. The Morgan fingerprint density at radius 1 is 1.07 bits per heavy atom. The Morgan fingerprint density at radius 3 is 2.50 bits per heavy atom. The molecule has 3 rings (SSSR count). The minimum absolute atomic E-state index is 0.0583. The summed E-state index contributed by atoms with van der Waals surface area (Å²) in [5.41, 5.74) is 3.30. The quantitative estimate of drug-likeness (QED) is 0.598. The van der Waals surface area contributed by atoms with E-state index in [2.05, 4.69) is 38.4 Å². The molecule has 0 bridgehead atoms. The average Bonchev–Trinajstić information content (AvgIpc) is 3.08. The maximum atomic E-state index is 12.4. The number of rotatable bonds is 8. The first-order valence-corrected chi connectivity index (χ1v) is 9.87. The molecule has 160 valence electrons. The van der Waals surface area contributed by atoms with Crippen LogP contribution in [0.4, 0.5) is 4.79 Å². The smallest absolute Gasteiger partial charge is 0.315 e. The zero-order valence-electron chi connectivity index (χ0n) is 18.2. The molecule has 1 atom stereocenters. The first-order chi connectivity index (χ1) is 14.4.